The van der Waals surface area contributed by atoms with E-state index < -0.39 is 5.72 Å². The SMILES string of the molecule is O=C1N[C@]2(CCC(=O)N(CC(=O)N3CCCCC3)CC2)Oc2ccccc21. The van der Waals surface area contributed by atoms with Gasteiger partial charge < -0.3 is 19.9 Å². The van der Waals surface area contributed by atoms with Gasteiger partial charge in [-0.25, -0.2) is 0 Å². The molecule has 144 valence electrons. The first-order valence-corrected chi connectivity index (χ1v) is 9.72. The van der Waals surface area contributed by atoms with E-state index in [1.807, 2.05) is 11.0 Å². The Balaban J connectivity index is 1.44. The minimum absolute atomic E-state index is 0.0120. The summed E-state index contributed by atoms with van der Waals surface area (Å²) in [6, 6.07) is 7.13. The van der Waals surface area contributed by atoms with Crippen LogP contribution in [-0.2, 0) is 9.59 Å². The summed E-state index contributed by atoms with van der Waals surface area (Å²) >= 11 is 0. The number of fused-ring (bicyclic) bond motifs is 1. The van der Waals surface area contributed by atoms with Crippen molar-refractivity contribution in [1.82, 2.24) is 15.1 Å². The highest BCUT2D eigenvalue weighted by Crippen LogP contribution is 2.33. The van der Waals surface area contributed by atoms with Crippen molar-refractivity contribution >= 4 is 17.7 Å². The van der Waals surface area contributed by atoms with Crippen molar-refractivity contribution in [3.05, 3.63) is 29.8 Å². The Hall–Kier alpha value is -2.57. The monoisotopic (exact) mass is 371 g/mol. The molecule has 1 aromatic rings. The van der Waals surface area contributed by atoms with Gasteiger partial charge in [-0.2, -0.15) is 0 Å². The molecule has 2 fully saturated rings. The molecule has 2 saturated heterocycles. The number of carbonyl (C=O) groups excluding carboxylic acids is 3. The molecule has 4 rings (SSSR count). The third kappa shape index (κ3) is 3.63. The smallest absolute Gasteiger partial charge is 0.258 e. The zero-order chi connectivity index (χ0) is 18.9. The molecule has 7 heteroatoms. The Morgan fingerprint density at radius 2 is 1.85 bits per heavy atom. The maximum Gasteiger partial charge on any atom is 0.258 e. The largest absolute Gasteiger partial charge is 0.467 e. The van der Waals surface area contributed by atoms with Crippen LogP contribution in [0.5, 0.6) is 5.75 Å². The van der Waals surface area contributed by atoms with Crippen molar-refractivity contribution < 1.29 is 19.1 Å². The van der Waals surface area contributed by atoms with Gasteiger partial charge in [0.1, 0.15) is 5.75 Å². The van der Waals surface area contributed by atoms with Crippen LogP contribution in [0.15, 0.2) is 24.3 Å². The van der Waals surface area contributed by atoms with E-state index in [1.54, 1.807) is 23.1 Å². The second kappa shape index (κ2) is 7.21. The molecule has 0 unspecified atom stereocenters. The Morgan fingerprint density at radius 1 is 1.07 bits per heavy atom. The quantitative estimate of drug-likeness (QED) is 0.855. The average molecular weight is 371 g/mol. The van der Waals surface area contributed by atoms with Gasteiger partial charge in [0.2, 0.25) is 11.8 Å². The molecular formula is C20H25N3O4. The molecule has 3 amide bonds. The predicted octanol–water partition coefficient (Wildman–Crippen LogP) is 1.53. The molecule has 3 aliphatic rings. The molecule has 1 aromatic carbocycles. The Kier molecular flexibility index (Phi) is 4.76. The van der Waals surface area contributed by atoms with Gasteiger partial charge in [0.05, 0.1) is 12.1 Å². The van der Waals surface area contributed by atoms with Gasteiger partial charge in [0, 0.05) is 38.9 Å². The zero-order valence-corrected chi connectivity index (χ0v) is 15.4. The summed E-state index contributed by atoms with van der Waals surface area (Å²) in [5.74, 6) is 0.320. The molecule has 0 bridgehead atoms. The summed E-state index contributed by atoms with van der Waals surface area (Å²) in [5, 5.41) is 2.95. The van der Waals surface area contributed by atoms with Crippen molar-refractivity contribution in [2.45, 2.75) is 44.2 Å². The number of para-hydroxylation sites is 1. The number of nitrogens with one attached hydrogen (secondary N) is 1. The van der Waals surface area contributed by atoms with Gasteiger partial charge in [0.25, 0.3) is 5.91 Å². The van der Waals surface area contributed by atoms with Crippen molar-refractivity contribution in [3.63, 3.8) is 0 Å². The van der Waals surface area contributed by atoms with Crippen LogP contribution in [-0.4, -0.2) is 59.4 Å². The first-order chi connectivity index (χ1) is 13.1. The van der Waals surface area contributed by atoms with Crippen LogP contribution < -0.4 is 10.1 Å². The fourth-order valence-corrected chi connectivity index (χ4v) is 4.09. The second-order valence-electron chi connectivity index (χ2n) is 7.55. The number of hydrogen-bond donors (Lipinski definition) is 1. The molecule has 0 aromatic heterocycles. The lowest BCUT2D eigenvalue weighted by Gasteiger charge is -2.38. The first kappa shape index (κ1) is 17.8. The van der Waals surface area contributed by atoms with Crippen LogP contribution in [0.1, 0.15) is 48.9 Å². The topological polar surface area (TPSA) is 79.0 Å². The lowest BCUT2D eigenvalue weighted by atomic mass is 10.0. The van der Waals surface area contributed by atoms with Gasteiger partial charge >= 0.3 is 0 Å². The number of piperidine rings is 1. The van der Waals surface area contributed by atoms with Gasteiger partial charge in [-0.15, -0.1) is 0 Å². The molecule has 0 saturated carbocycles. The summed E-state index contributed by atoms with van der Waals surface area (Å²) in [6.45, 7) is 2.06. The van der Waals surface area contributed by atoms with Crippen LogP contribution in [0, 0.1) is 0 Å². The molecule has 1 atom stereocenters. The van der Waals surface area contributed by atoms with Gasteiger partial charge in [-0.3, -0.25) is 14.4 Å². The van der Waals surface area contributed by atoms with E-state index in [4.69, 9.17) is 4.74 Å². The normalized spacial score (nSPS) is 25.5. The number of amides is 3. The van der Waals surface area contributed by atoms with E-state index in [2.05, 4.69) is 5.32 Å². The maximum absolute atomic E-state index is 12.6. The number of benzene rings is 1. The maximum atomic E-state index is 12.6. The van der Waals surface area contributed by atoms with Crippen molar-refractivity contribution in [2.24, 2.45) is 0 Å². The van der Waals surface area contributed by atoms with Crippen molar-refractivity contribution in [2.75, 3.05) is 26.2 Å². The third-order valence-electron chi connectivity index (χ3n) is 5.69. The van der Waals surface area contributed by atoms with E-state index in [0.717, 1.165) is 32.4 Å². The summed E-state index contributed by atoms with van der Waals surface area (Å²) in [6.07, 6.45) is 4.33. The van der Waals surface area contributed by atoms with E-state index in [-0.39, 0.29) is 30.7 Å². The molecule has 1 spiro atoms. The minimum Gasteiger partial charge on any atom is -0.467 e. The molecule has 1 N–H and O–H groups in total. The number of carbonyl (C=O) groups is 3. The molecule has 3 aliphatic heterocycles. The van der Waals surface area contributed by atoms with Gasteiger partial charge in [0.15, 0.2) is 5.72 Å². The summed E-state index contributed by atoms with van der Waals surface area (Å²) < 4.78 is 6.12. The van der Waals surface area contributed by atoms with E-state index in [0.29, 0.717) is 30.7 Å². The number of hydrogen-bond acceptors (Lipinski definition) is 4. The van der Waals surface area contributed by atoms with Crippen LogP contribution in [0.2, 0.25) is 0 Å². The number of ether oxygens (including phenoxy) is 1. The summed E-state index contributed by atoms with van der Waals surface area (Å²) in [5.41, 5.74) is -0.375. The Bertz CT molecular complexity index is 759. The molecule has 0 aliphatic carbocycles. The minimum atomic E-state index is -0.885. The fourth-order valence-electron chi connectivity index (χ4n) is 4.09. The van der Waals surface area contributed by atoms with Crippen LogP contribution in [0.3, 0.4) is 0 Å². The average Bonchev–Trinajstić information content (AvgIpc) is 2.83. The molecule has 7 nitrogen and oxygen atoms in total. The molecule has 3 heterocycles. The number of nitrogens with zero attached hydrogens (tertiary/aromatic N) is 2. The van der Waals surface area contributed by atoms with Crippen LogP contribution in [0.4, 0.5) is 0 Å². The lowest BCUT2D eigenvalue weighted by Crippen LogP contribution is -2.56. The van der Waals surface area contributed by atoms with Crippen molar-refractivity contribution in [3.8, 4) is 5.75 Å². The first-order valence-electron chi connectivity index (χ1n) is 9.72. The van der Waals surface area contributed by atoms with Gasteiger partial charge in [-0.05, 0) is 31.4 Å². The highest BCUT2D eigenvalue weighted by atomic mass is 16.5. The number of likely N-dealkylation sites (tertiary alicyclic amines) is 2. The van der Waals surface area contributed by atoms with E-state index in [1.165, 1.54) is 0 Å². The standard InChI is InChI=1S/C20H25N3O4/c24-17-8-9-20(21-19(26)15-6-2-3-7-16(15)27-20)10-13-23(17)14-18(25)22-11-4-1-5-12-22/h2-3,6-7H,1,4-5,8-14H2,(H,21,26)/t20-/m1/s1. The predicted molar refractivity (Wildman–Crippen MR) is 98.1 cm³/mol. The second-order valence-corrected chi connectivity index (χ2v) is 7.55. The lowest BCUT2D eigenvalue weighted by molar-refractivity contribution is -0.140. The molecule has 0 radical (unpaired) electrons. The molecular weight excluding hydrogens is 346 g/mol. The summed E-state index contributed by atoms with van der Waals surface area (Å²) in [7, 11) is 0. The van der Waals surface area contributed by atoms with Crippen LogP contribution in [0.25, 0.3) is 0 Å². The van der Waals surface area contributed by atoms with Crippen molar-refractivity contribution in [1.29, 1.82) is 0 Å². The zero-order valence-electron chi connectivity index (χ0n) is 15.4. The van der Waals surface area contributed by atoms with E-state index >= 15 is 0 Å². The molecule has 27 heavy (non-hydrogen) atoms. The number of rotatable bonds is 2. The fraction of sp³-hybridized carbons (Fsp3) is 0.550. The van der Waals surface area contributed by atoms with Crippen LogP contribution >= 0.6 is 0 Å². The van der Waals surface area contributed by atoms with E-state index in [9.17, 15) is 14.4 Å². The Morgan fingerprint density at radius 3 is 2.67 bits per heavy atom. The van der Waals surface area contributed by atoms with Gasteiger partial charge in [-0.1, -0.05) is 12.1 Å². The highest BCUT2D eigenvalue weighted by Gasteiger charge is 2.42. The highest BCUT2D eigenvalue weighted by molar-refractivity contribution is 5.98. The third-order valence-corrected chi connectivity index (χ3v) is 5.69. The Labute approximate surface area is 158 Å². The summed E-state index contributed by atoms with van der Waals surface area (Å²) in [4.78, 5) is 41.0.